The molecule has 0 unspecified atom stereocenters. The Morgan fingerprint density at radius 3 is 2.56 bits per heavy atom. The van der Waals surface area contributed by atoms with Crippen LogP contribution < -0.4 is 4.74 Å². The predicted molar refractivity (Wildman–Crippen MR) is 77.2 cm³/mol. The first kappa shape index (κ1) is 10.2. The van der Waals surface area contributed by atoms with Crippen LogP contribution in [0.15, 0.2) is 59.1 Å². The van der Waals surface area contributed by atoms with Crippen molar-refractivity contribution in [2.75, 3.05) is 0 Å². The highest BCUT2D eigenvalue weighted by Gasteiger charge is 2.19. The zero-order chi connectivity index (χ0) is 12.1. The second kappa shape index (κ2) is 3.59. The van der Waals surface area contributed by atoms with E-state index in [1.807, 2.05) is 30.3 Å². The molecule has 1 aliphatic heterocycles. The molecule has 0 spiro atoms. The maximum atomic E-state index is 5.97. The quantitative estimate of drug-likeness (QED) is 0.423. The topological polar surface area (TPSA) is 9.23 Å². The van der Waals surface area contributed by atoms with Crippen LogP contribution in [0.1, 0.15) is 0 Å². The van der Waals surface area contributed by atoms with Gasteiger partial charge >= 0.3 is 0 Å². The zero-order valence-corrected chi connectivity index (χ0v) is 11.1. The number of halogens is 1. The van der Waals surface area contributed by atoms with E-state index in [1.165, 1.54) is 16.3 Å². The summed E-state index contributed by atoms with van der Waals surface area (Å²) in [6.45, 7) is 0. The molecule has 0 saturated carbocycles. The Balaban J connectivity index is 2.22. The highest BCUT2D eigenvalue weighted by molar-refractivity contribution is 9.10. The third kappa shape index (κ3) is 1.33. The van der Waals surface area contributed by atoms with Gasteiger partial charge in [0.1, 0.15) is 11.5 Å². The Labute approximate surface area is 113 Å². The van der Waals surface area contributed by atoms with Gasteiger partial charge in [-0.15, -0.1) is 0 Å². The summed E-state index contributed by atoms with van der Waals surface area (Å²) in [5, 5.41) is 2.39. The van der Waals surface area contributed by atoms with Crippen molar-refractivity contribution in [3.05, 3.63) is 59.1 Å². The smallest absolute Gasteiger partial charge is 0.135 e. The van der Waals surface area contributed by atoms with Crippen molar-refractivity contribution in [1.82, 2.24) is 0 Å². The van der Waals surface area contributed by atoms with Gasteiger partial charge in [0, 0.05) is 15.4 Å². The molecule has 3 aromatic rings. The number of fused-ring (bicyclic) bond motifs is 2. The number of para-hydroxylation sites is 1. The molecule has 86 valence electrons. The fourth-order valence-electron chi connectivity index (χ4n) is 2.55. The lowest BCUT2D eigenvalue weighted by molar-refractivity contribution is 0.487. The van der Waals surface area contributed by atoms with Crippen LogP contribution in [0.25, 0.3) is 21.9 Å². The van der Waals surface area contributed by atoms with E-state index in [0.717, 1.165) is 21.5 Å². The number of hydrogen-bond acceptors (Lipinski definition) is 1. The highest BCUT2D eigenvalue weighted by Crippen LogP contribution is 2.47. The van der Waals surface area contributed by atoms with Gasteiger partial charge in [-0.05, 0) is 35.2 Å². The maximum absolute atomic E-state index is 5.97. The van der Waals surface area contributed by atoms with Gasteiger partial charge < -0.3 is 4.74 Å². The van der Waals surface area contributed by atoms with Crippen LogP contribution >= 0.6 is 15.9 Å². The molecule has 0 aliphatic carbocycles. The summed E-state index contributed by atoms with van der Waals surface area (Å²) >= 11 is 3.58. The molecule has 0 aromatic heterocycles. The second-order valence-electron chi connectivity index (χ2n) is 4.41. The van der Waals surface area contributed by atoms with Gasteiger partial charge in [0.2, 0.25) is 0 Å². The number of benzene rings is 3. The maximum Gasteiger partial charge on any atom is 0.135 e. The van der Waals surface area contributed by atoms with E-state index in [2.05, 4.69) is 40.2 Å². The molecule has 1 nitrogen and oxygen atoms in total. The van der Waals surface area contributed by atoms with E-state index >= 15 is 0 Å². The number of rotatable bonds is 0. The largest absolute Gasteiger partial charge is 0.456 e. The average molecular weight is 297 g/mol. The summed E-state index contributed by atoms with van der Waals surface area (Å²) in [7, 11) is 0. The molecule has 1 heterocycles. The van der Waals surface area contributed by atoms with Crippen LogP contribution in [-0.4, -0.2) is 0 Å². The minimum Gasteiger partial charge on any atom is -0.456 e. The van der Waals surface area contributed by atoms with Gasteiger partial charge in [-0.25, -0.2) is 0 Å². The SMILES string of the molecule is Brc1cc2c3c(cccc3c1)Oc1ccccc1-2. The fraction of sp³-hybridized carbons (Fsp3) is 0. The molecule has 0 radical (unpaired) electrons. The summed E-state index contributed by atoms with van der Waals surface area (Å²) in [6.07, 6.45) is 0. The molecular formula is C16H9BrO. The van der Waals surface area contributed by atoms with E-state index in [9.17, 15) is 0 Å². The summed E-state index contributed by atoms with van der Waals surface area (Å²) < 4.78 is 7.07. The first-order valence-electron chi connectivity index (χ1n) is 5.82. The van der Waals surface area contributed by atoms with Crippen LogP contribution in [0, 0.1) is 0 Å². The Hall–Kier alpha value is -1.80. The van der Waals surface area contributed by atoms with Gasteiger partial charge in [-0.1, -0.05) is 46.3 Å². The molecule has 18 heavy (non-hydrogen) atoms. The van der Waals surface area contributed by atoms with Gasteiger partial charge in [-0.3, -0.25) is 0 Å². The Kier molecular flexibility index (Phi) is 2.03. The van der Waals surface area contributed by atoms with Crippen molar-refractivity contribution in [2.24, 2.45) is 0 Å². The molecule has 4 rings (SSSR count). The molecule has 0 N–H and O–H groups in total. The van der Waals surface area contributed by atoms with Crippen LogP contribution in [0.3, 0.4) is 0 Å². The zero-order valence-electron chi connectivity index (χ0n) is 9.48. The third-order valence-electron chi connectivity index (χ3n) is 3.30. The van der Waals surface area contributed by atoms with Crippen LogP contribution in [0.4, 0.5) is 0 Å². The van der Waals surface area contributed by atoms with E-state index in [-0.39, 0.29) is 0 Å². The van der Waals surface area contributed by atoms with Crippen LogP contribution in [-0.2, 0) is 0 Å². The molecule has 2 heteroatoms. The molecule has 0 saturated heterocycles. The Morgan fingerprint density at radius 1 is 0.778 bits per heavy atom. The molecule has 0 amide bonds. The molecule has 3 aromatic carbocycles. The van der Waals surface area contributed by atoms with Gasteiger partial charge in [0.05, 0.1) is 0 Å². The van der Waals surface area contributed by atoms with E-state index in [1.54, 1.807) is 0 Å². The van der Waals surface area contributed by atoms with Crippen LogP contribution in [0.5, 0.6) is 11.5 Å². The lowest BCUT2D eigenvalue weighted by atomic mass is 9.95. The summed E-state index contributed by atoms with van der Waals surface area (Å²) in [5.41, 5.74) is 2.39. The first-order chi connectivity index (χ1) is 8.83. The van der Waals surface area contributed by atoms with E-state index in [0.29, 0.717) is 0 Å². The number of ether oxygens (including phenoxy) is 1. The molecule has 0 fully saturated rings. The summed E-state index contributed by atoms with van der Waals surface area (Å²) in [6, 6.07) is 18.6. The predicted octanol–water partition coefficient (Wildman–Crippen LogP) is 5.38. The van der Waals surface area contributed by atoms with Crippen molar-refractivity contribution in [2.45, 2.75) is 0 Å². The highest BCUT2D eigenvalue weighted by atomic mass is 79.9. The molecule has 0 bridgehead atoms. The summed E-state index contributed by atoms with van der Waals surface area (Å²) in [4.78, 5) is 0. The molecule has 0 atom stereocenters. The van der Waals surface area contributed by atoms with E-state index in [4.69, 9.17) is 4.74 Å². The van der Waals surface area contributed by atoms with Crippen molar-refractivity contribution >= 4 is 26.7 Å². The lowest BCUT2D eigenvalue weighted by Gasteiger charge is -2.21. The standard InChI is InChI=1S/C16H9BrO/c17-11-8-10-4-3-7-15-16(10)13(9-11)12-5-1-2-6-14(12)18-15/h1-9H. The van der Waals surface area contributed by atoms with Gasteiger partial charge in [-0.2, -0.15) is 0 Å². The average Bonchev–Trinajstić information content (AvgIpc) is 2.38. The fourth-order valence-corrected chi connectivity index (χ4v) is 3.03. The monoisotopic (exact) mass is 296 g/mol. The van der Waals surface area contributed by atoms with Crippen molar-refractivity contribution < 1.29 is 4.74 Å². The first-order valence-corrected chi connectivity index (χ1v) is 6.62. The van der Waals surface area contributed by atoms with Crippen molar-refractivity contribution in [3.8, 4) is 22.6 Å². The van der Waals surface area contributed by atoms with Crippen LogP contribution in [0.2, 0.25) is 0 Å². The minimum atomic E-state index is 0.926. The second-order valence-corrected chi connectivity index (χ2v) is 5.32. The van der Waals surface area contributed by atoms with Crippen molar-refractivity contribution in [3.63, 3.8) is 0 Å². The Morgan fingerprint density at radius 2 is 1.61 bits per heavy atom. The van der Waals surface area contributed by atoms with Gasteiger partial charge in [0.15, 0.2) is 0 Å². The van der Waals surface area contributed by atoms with Gasteiger partial charge in [0.25, 0.3) is 0 Å². The summed E-state index contributed by atoms with van der Waals surface area (Å²) in [5.74, 6) is 1.87. The van der Waals surface area contributed by atoms with E-state index < -0.39 is 0 Å². The third-order valence-corrected chi connectivity index (χ3v) is 3.76. The minimum absolute atomic E-state index is 0.926. The molecular weight excluding hydrogens is 288 g/mol. The normalized spacial score (nSPS) is 12.1. The molecule has 1 aliphatic rings. The van der Waals surface area contributed by atoms with Crippen molar-refractivity contribution in [1.29, 1.82) is 0 Å². The Bertz CT molecular complexity index is 777. The lowest BCUT2D eigenvalue weighted by Crippen LogP contribution is -1.96. The number of hydrogen-bond donors (Lipinski definition) is 0.